The number of nitriles is 1. The Kier molecular flexibility index (Phi) is 5.81. The van der Waals surface area contributed by atoms with Crippen molar-refractivity contribution in [1.29, 1.82) is 5.26 Å². The summed E-state index contributed by atoms with van der Waals surface area (Å²) in [6, 6.07) is 12.8. The third-order valence-electron chi connectivity index (χ3n) is 4.75. The third-order valence-corrected chi connectivity index (χ3v) is 5.00. The molecule has 0 radical (unpaired) electrons. The van der Waals surface area contributed by atoms with E-state index in [0.29, 0.717) is 35.9 Å². The predicted molar refractivity (Wildman–Crippen MR) is 104 cm³/mol. The first-order valence-electron chi connectivity index (χ1n) is 8.67. The second-order valence-electron chi connectivity index (χ2n) is 6.68. The van der Waals surface area contributed by atoms with Crippen LogP contribution in [0.2, 0.25) is 5.02 Å². The highest BCUT2D eigenvalue weighted by Gasteiger charge is 2.50. The third kappa shape index (κ3) is 4.07. The molecule has 8 heteroatoms. The molecule has 28 heavy (non-hydrogen) atoms. The maximum absolute atomic E-state index is 12.9. The number of aromatic nitrogens is 1. The van der Waals surface area contributed by atoms with Crippen LogP contribution >= 0.6 is 11.6 Å². The highest BCUT2D eigenvalue weighted by atomic mass is 35.5. The zero-order valence-corrected chi connectivity index (χ0v) is 16.1. The molecule has 7 nitrogen and oxygen atoms in total. The molecule has 2 aromatic rings. The first-order valence-corrected chi connectivity index (χ1v) is 9.05. The van der Waals surface area contributed by atoms with E-state index in [9.17, 15) is 14.9 Å². The van der Waals surface area contributed by atoms with Crippen molar-refractivity contribution in [3.05, 3.63) is 58.7 Å². The van der Waals surface area contributed by atoms with Gasteiger partial charge in [-0.2, -0.15) is 5.26 Å². The number of carbonyl (C=O) groups excluding carboxylic acids is 2. The summed E-state index contributed by atoms with van der Waals surface area (Å²) >= 11 is 5.95. The minimum atomic E-state index is -0.744. The van der Waals surface area contributed by atoms with Crippen molar-refractivity contribution in [3.8, 4) is 6.07 Å². The lowest BCUT2D eigenvalue weighted by Crippen LogP contribution is -2.65. The number of nitrogens with zero attached hydrogens (tertiary/aromatic N) is 3. The van der Waals surface area contributed by atoms with Crippen molar-refractivity contribution in [1.82, 2.24) is 10.3 Å². The van der Waals surface area contributed by atoms with Gasteiger partial charge in [0.1, 0.15) is 18.4 Å². The summed E-state index contributed by atoms with van der Waals surface area (Å²) in [5.41, 5.74) is 0.669. The van der Waals surface area contributed by atoms with Crippen molar-refractivity contribution in [2.45, 2.75) is 6.42 Å². The largest absolute Gasteiger partial charge is 0.468 e. The van der Waals surface area contributed by atoms with E-state index < -0.39 is 11.4 Å². The van der Waals surface area contributed by atoms with Crippen molar-refractivity contribution < 1.29 is 14.3 Å². The molecule has 1 aromatic heterocycles. The van der Waals surface area contributed by atoms with Crippen LogP contribution in [0.1, 0.15) is 11.1 Å². The molecular formula is C20H19ClN4O3. The Morgan fingerprint density at radius 2 is 2.04 bits per heavy atom. The molecule has 0 aliphatic carbocycles. The van der Waals surface area contributed by atoms with Crippen LogP contribution in [-0.4, -0.2) is 43.6 Å². The van der Waals surface area contributed by atoms with Crippen LogP contribution in [0.25, 0.3) is 0 Å². The van der Waals surface area contributed by atoms with Gasteiger partial charge in [0.2, 0.25) is 5.91 Å². The quantitative estimate of drug-likeness (QED) is 0.747. The lowest BCUT2D eigenvalue weighted by molar-refractivity contribution is -0.143. The van der Waals surface area contributed by atoms with E-state index in [0.717, 1.165) is 5.56 Å². The standard InChI is InChI=1S/C20H19ClN4O3/c1-28-17(26)11-24-19(27)20(9-14-4-6-16(21)7-5-14)12-25(13-20)18-15(10-22)3-2-8-23-18/h2-8H,9,11-13H2,1H3,(H,24,27). The lowest BCUT2D eigenvalue weighted by Gasteiger charge is -2.49. The highest BCUT2D eigenvalue weighted by Crippen LogP contribution is 2.38. The van der Waals surface area contributed by atoms with Crippen molar-refractivity contribution in [2.24, 2.45) is 5.41 Å². The molecule has 1 N–H and O–H groups in total. The Bertz CT molecular complexity index is 918. The molecule has 0 saturated carbocycles. The molecule has 1 aliphatic heterocycles. The average molecular weight is 399 g/mol. The van der Waals surface area contributed by atoms with Gasteiger partial charge in [0.25, 0.3) is 0 Å². The summed E-state index contributed by atoms with van der Waals surface area (Å²) in [6.45, 7) is 0.577. The molecule has 1 amide bonds. The van der Waals surface area contributed by atoms with Gasteiger partial charge < -0.3 is 15.0 Å². The van der Waals surface area contributed by atoms with Gasteiger partial charge in [-0.15, -0.1) is 0 Å². The number of ether oxygens (including phenoxy) is 1. The number of pyridine rings is 1. The van der Waals surface area contributed by atoms with E-state index in [-0.39, 0.29) is 12.5 Å². The first-order chi connectivity index (χ1) is 13.5. The number of methoxy groups -OCH3 is 1. The summed E-state index contributed by atoms with van der Waals surface area (Å²) in [5, 5.41) is 12.6. The van der Waals surface area contributed by atoms with Gasteiger partial charge in [0.15, 0.2) is 0 Å². The molecule has 0 spiro atoms. The number of rotatable bonds is 6. The smallest absolute Gasteiger partial charge is 0.325 e. The number of esters is 1. The molecule has 1 aliphatic rings. The second-order valence-corrected chi connectivity index (χ2v) is 7.12. The number of nitrogens with one attached hydrogen (secondary N) is 1. The molecule has 1 fully saturated rings. The molecule has 1 saturated heterocycles. The van der Waals surface area contributed by atoms with E-state index in [2.05, 4.69) is 21.1 Å². The van der Waals surface area contributed by atoms with Crippen molar-refractivity contribution in [2.75, 3.05) is 31.6 Å². The van der Waals surface area contributed by atoms with Gasteiger partial charge >= 0.3 is 5.97 Å². The number of hydrogen-bond donors (Lipinski definition) is 1. The fourth-order valence-corrected chi connectivity index (χ4v) is 3.44. The van der Waals surface area contributed by atoms with Crippen LogP contribution in [0.4, 0.5) is 5.82 Å². The van der Waals surface area contributed by atoms with Crippen LogP contribution in [0.15, 0.2) is 42.6 Å². The fourth-order valence-electron chi connectivity index (χ4n) is 3.31. The Labute approximate surface area is 167 Å². The molecule has 1 aromatic carbocycles. The second kappa shape index (κ2) is 8.28. The Morgan fingerprint density at radius 1 is 1.32 bits per heavy atom. The van der Waals surface area contributed by atoms with Gasteiger partial charge in [0.05, 0.1) is 18.1 Å². The number of hydrogen-bond acceptors (Lipinski definition) is 6. The summed E-state index contributed by atoms with van der Waals surface area (Å²) in [7, 11) is 1.27. The monoisotopic (exact) mass is 398 g/mol. The van der Waals surface area contributed by atoms with Crippen LogP contribution in [0, 0.1) is 16.7 Å². The number of anilines is 1. The van der Waals surface area contributed by atoms with Gasteiger partial charge in [-0.05, 0) is 36.2 Å². The zero-order chi connectivity index (χ0) is 20.1. The van der Waals surface area contributed by atoms with E-state index in [1.54, 1.807) is 30.5 Å². The Balaban J connectivity index is 1.80. The van der Waals surface area contributed by atoms with Crippen LogP contribution in [0.5, 0.6) is 0 Å². The molecule has 144 valence electrons. The first kappa shape index (κ1) is 19.6. The van der Waals surface area contributed by atoms with E-state index >= 15 is 0 Å². The fraction of sp³-hybridized carbons (Fsp3) is 0.300. The summed E-state index contributed by atoms with van der Waals surface area (Å²) in [6.07, 6.45) is 2.09. The summed E-state index contributed by atoms with van der Waals surface area (Å²) in [4.78, 5) is 30.5. The normalized spacial score (nSPS) is 14.5. The topological polar surface area (TPSA) is 95.3 Å². The van der Waals surface area contributed by atoms with E-state index in [1.807, 2.05) is 17.0 Å². The van der Waals surface area contributed by atoms with Gasteiger partial charge in [-0.3, -0.25) is 9.59 Å². The van der Waals surface area contributed by atoms with Gasteiger partial charge in [0, 0.05) is 24.3 Å². The number of benzene rings is 1. The van der Waals surface area contributed by atoms with Crippen LogP contribution in [-0.2, 0) is 20.7 Å². The van der Waals surface area contributed by atoms with Gasteiger partial charge in [-0.25, -0.2) is 4.98 Å². The molecule has 3 rings (SSSR count). The lowest BCUT2D eigenvalue weighted by atomic mass is 9.73. The maximum atomic E-state index is 12.9. The molecule has 0 unspecified atom stereocenters. The van der Waals surface area contributed by atoms with E-state index in [1.165, 1.54) is 7.11 Å². The Morgan fingerprint density at radius 3 is 2.68 bits per heavy atom. The molecule has 0 bridgehead atoms. The highest BCUT2D eigenvalue weighted by molar-refractivity contribution is 6.30. The number of halogens is 1. The summed E-state index contributed by atoms with van der Waals surface area (Å²) in [5.74, 6) is -0.196. The maximum Gasteiger partial charge on any atom is 0.325 e. The Hall–Kier alpha value is -3.11. The minimum Gasteiger partial charge on any atom is -0.468 e. The van der Waals surface area contributed by atoms with E-state index in [4.69, 9.17) is 11.6 Å². The molecular weight excluding hydrogens is 380 g/mol. The predicted octanol–water partition coefficient (Wildman–Crippen LogP) is 1.94. The van der Waals surface area contributed by atoms with Gasteiger partial charge in [-0.1, -0.05) is 23.7 Å². The number of carbonyl (C=O) groups is 2. The van der Waals surface area contributed by atoms with Crippen LogP contribution in [0.3, 0.4) is 0 Å². The van der Waals surface area contributed by atoms with Crippen molar-refractivity contribution >= 4 is 29.3 Å². The van der Waals surface area contributed by atoms with Crippen molar-refractivity contribution in [3.63, 3.8) is 0 Å². The minimum absolute atomic E-state index is 0.190. The van der Waals surface area contributed by atoms with Crippen LogP contribution < -0.4 is 10.2 Å². The number of amides is 1. The zero-order valence-electron chi connectivity index (χ0n) is 15.3. The average Bonchev–Trinajstić information content (AvgIpc) is 2.69. The SMILES string of the molecule is COC(=O)CNC(=O)C1(Cc2ccc(Cl)cc2)CN(c2ncccc2C#N)C1. The molecule has 0 atom stereocenters. The summed E-state index contributed by atoms with van der Waals surface area (Å²) < 4.78 is 4.59. The molecule has 2 heterocycles.